The van der Waals surface area contributed by atoms with E-state index < -0.39 is 11.9 Å². The van der Waals surface area contributed by atoms with Crippen LogP contribution >= 0.6 is 0 Å². The van der Waals surface area contributed by atoms with E-state index >= 15 is 0 Å². The number of imide groups is 1. The van der Waals surface area contributed by atoms with Gasteiger partial charge in [-0.15, -0.1) is 0 Å². The lowest BCUT2D eigenvalue weighted by molar-refractivity contribution is 0.0966. The topological polar surface area (TPSA) is 111 Å². The molecule has 6 nitrogen and oxygen atoms in total. The van der Waals surface area contributed by atoms with E-state index in [1.807, 2.05) is 5.32 Å². The smallest absolute Gasteiger partial charge is 0.319 e. The van der Waals surface area contributed by atoms with Crippen LogP contribution in [0.5, 0.6) is 0 Å². The number of nitrogens with two attached hydrogens (primary N) is 2. The van der Waals surface area contributed by atoms with Crippen molar-refractivity contribution in [3.63, 3.8) is 0 Å². The quantitative estimate of drug-likeness (QED) is 0.580. The molecule has 0 atom stereocenters. The van der Waals surface area contributed by atoms with E-state index in [-0.39, 0.29) is 6.54 Å². The minimum absolute atomic E-state index is 0.234. The van der Waals surface area contributed by atoms with Gasteiger partial charge in [-0.2, -0.15) is 0 Å². The summed E-state index contributed by atoms with van der Waals surface area (Å²) in [6, 6.07) is 2.08. The number of carbonyl (C=O) groups is 2. The van der Waals surface area contributed by atoms with Crippen LogP contribution in [0.1, 0.15) is 16.1 Å². The number of hydrogen-bond donors (Lipinski definition) is 3. The first-order valence-corrected chi connectivity index (χ1v) is 3.89. The summed E-state index contributed by atoms with van der Waals surface area (Å²) in [6.07, 6.45) is 1.44. The molecule has 0 saturated heterocycles. The number of rotatable bonds is 2. The van der Waals surface area contributed by atoms with Crippen molar-refractivity contribution in [2.24, 2.45) is 11.5 Å². The van der Waals surface area contributed by atoms with Crippen molar-refractivity contribution in [3.05, 3.63) is 29.6 Å². The number of nitrogens with one attached hydrogen (secondary N) is 1. The number of hydrogen-bond acceptors (Lipinski definition) is 4. The van der Waals surface area contributed by atoms with Crippen LogP contribution in [0.2, 0.25) is 0 Å². The second-order valence-electron chi connectivity index (χ2n) is 2.56. The van der Waals surface area contributed by atoms with Gasteiger partial charge in [-0.1, -0.05) is 0 Å². The molecule has 0 bridgehead atoms. The first-order valence-electron chi connectivity index (χ1n) is 3.89. The largest absolute Gasteiger partial charge is 0.351 e. The van der Waals surface area contributed by atoms with Crippen LogP contribution in [-0.2, 0) is 6.54 Å². The Kier molecular flexibility index (Phi) is 3.14. The SMILES string of the molecule is NCc1cc(C(=O)NC(N)=O)ccn1. The number of urea groups is 1. The zero-order chi connectivity index (χ0) is 10.6. The summed E-state index contributed by atoms with van der Waals surface area (Å²) in [5.74, 6) is -0.561. The molecule has 0 fully saturated rings. The molecule has 74 valence electrons. The van der Waals surface area contributed by atoms with Crippen molar-refractivity contribution in [2.45, 2.75) is 6.54 Å². The van der Waals surface area contributed by atoms with Crippen molar-refractivity contribution in [1.29, 1.82) is 0 Å². The van der Waals surface area contributed by atoms with Gasteiger partial charge in [0.05, 0.1) is 5.69 Å². The highest BCUT2D eigenvalue weighted by Gasteiger charge is 2.07. The van der Waals surface area contributed by atoms with E-state index in [0.29, 0.717) is 11.3 Å². The molecule has 6 heteroatoms. The van der Waals surface area contributed by atoms with Crippen molar-refractivity contribution in [2.75, 3.05) is 0 Å². The number of amides is 3. The van der Waals surface area contributed by atoms with E-state index in [9.17, 15) is 9.59 Å². The van der Waals surface area contributed by atoms with Gasteiger partial charge in [-0.25, -0.2) is 4.79 Å². The van der Waals surface area contributed by atoms with Crippen molar-refractivity contribution in [3.8, 4) is 0 Å². The first kappa shape index (κ1) is 10.1. The highest BCUT2D eigenvalue weighted by atomic mass is 16.2. The Labute approximate surface area is 80.3 Å². The lowest BCUT2D eigenvalue weighted by Gasteiger charge is -2.01. The average Bonchev–Trinajstić information content (AvgIpc) is 2.17. The zero-order valence-electron chi connectivity index (χ0n) is 7.36. The van der Waals surface area contributed by atoms with Crippen molar-refractivity contribution < 1.29 is 9.59 Å². The minimum Gasteiger partial charge on any atom is -0.351 e. The molecule has 0 aliphatic carbocycles. The third-order valence-corrected chi connectivity index (χ3v) is 1.52. The Bertz CT molecular complexity index is 364. The third kappa shape index (κ3) is 2.53. The van der Waals surface area contributed by atoms with Crippen LogP contribution in [0.3, 0.4) is 0 Å². The molecule has 0 aromatic carbocycles. The molecule has 0 aliphatic heterocycles. The average molecular weight is 194 g/mol. The molecule has 0 spiro atoms. The van der Waals surface area contributed by atoms with Gasteiger partial charge in [-0.05, 0) is 12.1 Å². The molecule has 1 aromatic rings. The summed E-state index contributed by atoms with van der Waals surface area (Å²) in [5, 5.41) is 1.94. The van der Waals surface area contributed by atoms with Gasteiger partial charge in [0.2, 0.25) is 0 Å². The zero-order valence-corrected chi connectivity index (χ0v) is 7.36. The lowest BCUT2D eigenvalue weighted by Crippen LogP contribution is -2.35. The second-order valence-corrected chi connectivity index (χ2v) is 2.56. The first-order chi connectivity index (χ1) is 6.63. The van der Waals surface area contributed by atoms with E-state index in [2.05, 4.69) is 4.98 Å². The van der Waals surface area contributed by atoms with Crippen LogP contribution in [0, 0.1) is 0 Å². The monoisotopic (exact) mass is 194 g/mol. The van der Waals surface area contributed by atoms with Crippen LogP contribution in [-0.4, -0.2) is 16.9 Å². The Hall–Kier alpha value is -1.95. The fourth-order valence-corrected chi connectivity index (χ4v) is 0.915. The maximum Gasteiger partial charge on any atom is 0.319 e. The van der Waals surface area contributed by atoms with Gasteiger partial charge >= 0.3 is 6.03 Å². The maximum absolute atomic E-state index is 11.2. The molecule has 14 heavy (non-hydrogen) atoms. The van der Waals surface area contributed by atoms with E-state index in [1.54, 1.807) is 0 Å². The van der Waals surface area contributed by atoms with Gasteiger partial charge in [0.25, 0.3) is 5.91 Å². The Balaban J connectivity index is 2.84. The number of pyridine rings is 1. The Morgan fingerprint density at radius 3 is 2.79 bits per heavy atom. The van der Waals surface area contributed by atoms with Crippen molar-refractivity contribution >= 4 is 11.9 Å². The second kappa shape index (κ2) is 4.33. The van der Waals surface area contributed by atoms with Gasteiger partial charge in [0.1, 0.15) is 0 Å². The normalized spacial score (nSPS) is 9.50. The predicted molar refractivity (Wildman–Crippen MR) is 49.2 cm³/mol. The standard InChI is InChI=1S/C8H10N4O2/c9-4-6-3-5(1-2-11-6)7(13)12-8(10)14/h1-3H,4,9H2,(H3,10,12,13,14). The van der Waals surface area contributed by atoms with Crippen LogP contribution < -0.4 is 16.8 Å². The molecular weight excluding hydrogens is 184 g/mol. The van der Waals surface area contributed by atoms with Crippen LogP contribution in [0.4, 0.5) is 4.79 Å². The van der Waals surface area contributed by atoms with Gasteiger partial charge in [0, 0.05) is 18.3 Å². The van der Waals surface area contributed by atoms with Crippen LogP contribution in [0.25, 0.3) is 0 Å². The van der Waals surface area contributed by atoms with E-state index in [4.69, 9.17) is 11.5 Å². The summed E-state index contributed by atoms with van der Waals surface area (Å²) >= 11 is 0. The van der Waals surface area contributed by atoms with E-state index in [0.717, 1.165) is 0 Å². The molecule has 5 N–H and O–H groups in total. The molecule has 0 radical (unpaired) electrons. The highest BCUT2D eigenvalue weighted by molar-refractivity contribution is 6.03. The number of aromatic nitrogens is 1. The molecule has 1 rings (SSSR count). The van der Waals surface area contributed by atoms with Gasteiger partial charge in [0.15, 0.2) is 0 Å². The van der Waals surface area contributed by atoms with Gasteiger partial charge < -0.3 is 11.5 Å². The molecule has 1 aromatic heterocycles. The molecule has 1 heterocycles. The molecule has 0 unspecified atom stereocenters. The van der Waals surface area contributed by atoms with Crippen molar-refractivity contribution in [1.82, 2.24) is 10.3 Å². The third-order valence-electron chi connectivity index (χ3n) is 1.52. The Morgan fingerprint density at radius 1 is 1.50 bits per heavy atom. The summed E-state index contributed by atoms with van der Waals surface area (Å²) in [6.45, 7) is 0.234. The number of carbonyl (C=O) groups excluding carboxylic acids is 2. The summed E-state index contributed by atoms with van der Waals surface area (Å²) in [7, 11) is 0. The van der Waals surface area contributed by atoms with Gasteiger partial charge in [-0.3, -0.25) is 15.1 Å². The summed E-state index contributed by atoms with van der Waals surface area (Å²) in [5.41, 5.74) is 11.0. The predicted octanol–water partition coefficient (Wildman–Crippen LogP) is -0.651. The molecule has 0 saturated carbocycles. The highest BCUT2D eigenvalue weighted by Crippen LogP contribution is 2.00. The number of nitrogens with zero attached hydrogens (tertiary/aromatic N) is 1. The Morgan fingerprint density at radius 2 is 2.21 bits per heavy atom. The minimum atomic E-state index is -0.888. The molecule has 0 aliphatic rings. The maximum atomic E-state index is 11.2. The fraction of sp³-hybridized carbons (Fsp3) is 0.125. The molecule has 3 amide bonds. The summed E-state index contributed by atoms with van der Waals surface area (Å²) in [4.78, 5) is 25.5. The summed E-state index contributed by atoms with van der Waals surface area (Å²) < 4.78 is 0. The number of primary amides is 1. The van der Waals surface area contributed by atoms with Crippen LogP contribution in [0.15, 0.2) is 18.3 Å². The van der Waals surface area contributed by atoms with E-state index in [1.165, 1.54) is 18.3 Å². The molecular formula is C8H10N4O2. The lowest BCUT2D eigenvalue weighted by atomic mass is 10.2. The fourth-order valence-electron chi connectivity index (χ4n) is 0.915.